The quantitative estimate of drug-likeness (QED) is 0.172. The number of carbonyl (C=O) groups is 4. The number of rotatable bonds is 9. The average molecular weight is 563 g/mol. The zero-order valence-electron chi connectivity index (χ0n) is 23.9. The van der Waals surface area contributed by atoms with Gasteiger partial charge in [-0.15, -0.1) is 0 Å². The number of carbonyl (C=O) groups excluding carboxylic acids is 4. The number of pyridine rings is 1. The molecule has 4 rings (SSSR count). The second kappa shape index (κ2) is 12.1. The van der Waals surface area contributed by atoms with E-state index in [1.807, 2.05) is 36.1 Å². The zero-order valence-corrected chi connectivity index (χ0v) is 23.9. The number of nitrogen functional groups attached to an aromatic ring is 1. The number of nitrogens with two attached hydrogens (primary N) is 2. The Morgan fingerprint density at radius 1 is 1.17 bits per heavy atom. The van der Waals surface area contributed by atoms with Gasteiger partial charge in [-0.05, 0) is 43.4 Å². The fourth-order valence-corrected chi connectivity index (χ4v) is 6.18. The fourth-order valence-electron chi connectivity index (χ4n) is 6.18. The number of amides is 4. The molecule has 0 saturated heterocycles. The molecule has 4 amide bonds. The summed E-state index contributed by atoms with van der Waals surface area (Å²) < 4.78 is 1.85. The molecule has 11 heteroatoms. The van der Waals surface area contributed by atoms with Crippen molar-refractivity contribution in [3.63, 3.8) is 0 Å². The molecule has 1 aromatic carbocycles. The van der Waals surface area contributed by atoms with Crippen LogP contribution in [0.5, 0.6) is 0 Å². The average Bonchev–Trinajstić information content (AvgIpc) is 2.90. The molecule has 3 atom stereocenters. The lowest BCUT2D eigenvalue weighted by Crippen LogP contribution is -2.67. The molecule has 2 aliphatic rings. The molecule has 1 aliphatic heterocycles. The number of aromatic nitrogens is 1. The Morgan fingerprint density at radius 2 is 1.88 bits per heavy atom. The highest BCUT2D eigenvalue weighted by Gasteiger charge is 2.49. The number of hydrogen-bond acceptors (Lipinski definition) is 5. The van der Waals surface area contributed by atoms with Crippen LogP contribution in [0.15, 0.2) is 42.7 Å². The first-order valence-electron chi connectivity index (χ1n) is 14.0. The molecule has 1 saturated carbocycles. The summed E-state index contributed by atoms with van der Waals surface area (Å²) in [6.45, 7) is 3.01. The third-order valence-corrected chi connectivity index (χ3v) is 8.09. The maximum Gasteiger partial charge on any atom is 0.253 e. The minimum atomic E-state index is -1.30. The molecule has 2 heterocycles. The number of benzene rings is 1. The van der Waals surface area contributed by atoms with E-state index in [-0.39, 0.29) is 30.5 Å². The van der Waals surface area contributed by atoms with Crippen molar-refractivity contribution in [1.29, 1.82) is 5.41 Å². The molecule has 0 bridgehead atoms. The lowest BCUT2D eigenvalue weighted by Gasteiger charge is -2.46. The van der Waals surface area contributed by atoms with Crippen LogP contribution in [0.25, 0.3) is 0 Å². The molecule has 1 aromatic heterocycles. The third-order valence-electron chi connectivity index (χ3n) is 8.09. The summed E-state index contributed by atoms with van der Waals surface area (Å²) in [6, 6.07) is 6.87. The molecule has 11 nitrogen and oxygen atoms in total. The van der Waals surface area contributed by atoms with E-state index in [1.54, 1.807) is 25.1 Å². The van der Waals surface area contributed by atoms with Crippen LogP contribution in [0.3, 0.4) is 0 Å². The Hall–Kier alpha value is -4.28. The van der Waals surface area contributed by atoms with E-state index in [9.17, 15) is 19.2 Å². The van der Waals surface area contributed by atoms with E-state index in [4.69, 9.17) is 16.9 Å². The second-order valence-corrected chi connectivity index (χ2v) is 11.5. The van der Waals surface area contributed by atoms with Crippen molar-refractivity contribution in [1.82, 2.24) is 10.6 Å². The number of nitrogens with zero attached hydrogens (tertiary/aromatic N) is 2. The number of anilines is 1. The van der Waals surface area contributed by atoms with Crippen LogP contribution in [0, 0.1) is 11.3 Å². The van der Waals surface area contributed by atoms with Crippen molar-refractivity contribution in [2.45, 2.75) is 76.4 Å². The standard InChI is InChI=1S/C30H39N7O4/c1-18(38)35-30(2)16-22-12-11-21(26(31)32)15-24(22)37(29(30)41)25(20-9-5-4-6-10-20)28(40)34-23(27(33)39)14-19-8-7-13-36(3)17-19/h7-8,11-13,15,17,20,23,25H,4-6,9-10,14,16H2,1-3H3,(H6-,31,32,33,34,35,38,39,40)/p+1/t23-,25?,30?/m0/s1. The van der Waals surface area contributed by atoms with Crippen LogP contribution in [0.2, 0.25) is 0 Å². The molecule has 41 heavy (non-hydrogen) atoms. The van der Waals surface area contributed by atoms with E-state index >= 15 is 0 Å². The van der Waals surface area contributed by atoms with Crippen molar-refractivity contribution in [3.8, 4) is 0 Å². The molecule has 0 spiro atoms. The molecular weight excluding hydrogens is 522 g/mol. The van der Waals surface area contributed by atoms with Crippen molar-refractivity contribution < 1.29 is 23.7 Å². The van der Waals surface area contributed by atoms with Crippen molar-refractivity contribution in [2.24, 2.45) is 24.4 Å². The first-order chi connectivity index (χ1) is 19.4. The molecule has 7 N–H and O–H groups in total. The van der Waals surface area contributed by atoms with Crippen LogP contribution in [-0.4, -0.2) is 47.1 Å². The summed E-state index contributed by atoms with van der Waals surface area (Å²) in [7, 11) is 1.86. The van der Waals surface area contributed by atoms with E-state index < -0.39 is 35.3 Å². The van der Waals surface area contributed by atoms with Gasteiger partial charge in [-0.3, -0.25) is 29.5 Å². The van der Waals surface area contributed by atoms with E-state index in [0.717, 1.165) is 43.2 Å². The minimum absolute atomic E-state index is 0.168. The highest BCUT2D eigenvalue weighted by Crippen LogP contribution is 2.39. The normalized spacial score (nSPS) is 20.5. The molecule has 1 aliphatic carbocycles. The molecule has 2 aromatic rings. The van der Waals surface area contributed by atoms with Crippen LogP contribution in [0.1, 0.15) is 62.6 Å². The molecule has 218 valence electrons. The monoisotopic (exact) mass is 562 g/mol. The zero-order chi connectivity index (χ0) is 29.9. The number of nitrogens with one attached hydrogen (secondary N) is 3. The lowest BCUT2D eigenvalue weighted by atomic mass is 9.79. The Balaban J connectivity index is 1.79. The van der Waals surface area contributed by atoms with Gasteiger partial charge in [0.25, 0.3) is 5.91 Å². The Labute approximate surface area is 240 Å². The van der Waals surface area contributed by atoms with Gasteiger partial charge < -0.3 is 22.1 Å². The van der Waals surface area contributed by atoms with Gasteiger partial charge in [0.05, 0.1) is 0 Å². The summed E-state index contributed by atoms with van der Waals surface area (Å²) >= 11 is 0. The van der Waals surface area contributed by atoms with E-state index in [0.29, 0.717) is 11.3 Å². The van der Waals surface area contributed by atoms with Gasteiger partial charge in [-0.25, -0.2) is 4.57 Å². The van der Waals surface area contributed by atoms with Crippen LogP contribution >= 0.6 is 0 Å². The van der Waals surface area contributed by atoms with Crippen molar-refractivity contribution >= 4 is 35.2 Å². The summed E-state index contributed by atoms with van der Waals surface area (Å²) in [5.74, 6) is -2.33. The number of amidine groups is 1. The fraction of sp³-hybridized carbons (Fsp3) is 0.467. The lowest BCUT2D eigenvalue weighted by molar-refractivity contribution is -0.671. The van der Waals surface area contributed by atoms with Crippen molar-refractivity contribution in [3.05, 3.63) is 59.4 Å². The smallest absolute Gasteiger partial charge is 0.253 e. The first kappa shape index (κ1) is 29.7. The minimum Gasteiger partial charge on any atom is -0.384 e. The van der Waals surface area contributed by atoms with Gasteiger partial charge in [0.15, 0.2) is 12.4 Å². The summed E-state index contributed by atoms with van der Waals surface area (Å²) in [4.78, 5) is 54.8. The number of hydrogen-bond donors (Lipinski definition) is 5. The summed E-state index contributed by atoms with van der Waals surface area (Å²) in [5.41, 5.74) is 12.7. The van der Waals surface area contributed by atoms with Gasteiger partial charge in [0.2, 0.25) is 17.7 Å². The number of fused-ring (bicyclic) bond motifs is 1. The summed E-state index contributed by atoms with van der Waals surface area (Å²) in [5, 5.41) is 13.6. The molecule has 2 unspecified atom stereocenters. The van der Waals surface area contributed by atoms with E-state index in [2.05, 4.69) is 10.6 Å². The van der Waals surface area contributed by atoms with Gasteiger partial charge in [0.1, 0.15) is 30.5 Å². The van der Waals surface area contributed by atoms with Gasteiger partial charge in [-0.1, -0.05) is 31.4 Å². The molecule has 0 radical (unpaired) electrons. The Kier molecular flexibility index (Phi) is 8.74. The number of primary amides is 1. The third kappa shape index (κ3) is 6.55. The van der Waals surface area contributed by atoms with Crippen LogP contribution < -0.4 is 31.6 Å². The predicted octanol–water partition coefficient (Wildman–Crippen LogP) is 0.741. The topological polar surface area (TPSA) is 175 Å². The number of aryl methyl sites for hydroxylation is 1. The maximum absolute atomic E-state index is 14.3. The Morgan fingerprint density at radius 3 is 2.49 bits per heavy atom. The Bertz CT molecular complexity index is 1370. The highest BCUT2D eigenvalue weighted by atomic mass is 16.2. The highest BCUT2D eigenvalue weighted by molar-refractivity contribution is 6.10. The van der Waals surface area contributed by atoms with E-state index in [1.165, 1.54) is 11.8 Å². The second-order valence-electron chi connectivity index (χ2n) is 11.5. The first-order valence-corrected chi connectivity index (χ1v) is 14.0. The van der Waals surface area contributed by atoms with Gasteiger partial charge >= 0.3 is 0 Å². The molecule has 1 fully saturated rings. The van der Waals surface area contributed by atoms with Crippen LogP contribution in [0.4, 0.5) is 5.69 Å². The van der Waals surface area contributed by atoms with Gasteiger partial charge in [0, 0.05) is 42.6 Å². The SMILES string of the molecule is CC(=O)NC1(C)Cc2ccc(C(=N)N)cc2N(C(C(=O)N[C@@H](Cc2ccc[n+](C)c2)C(N)=O)C2CCCCC2)C1=O. The van der Waals surface area contributed by atoms with Gasteiger partial charge in [-0.2, -0.15) is 0 Å². The molecular formula is C30H40N7O4+. The van der Waals surface area contributed by atoms with Crippen molar-refractivity contribution in [2.75, 3.05) is 4.90 Å². The maximum atomic E-state index is 14.3. The predicted molar refractivity (Wildman–Crippen MR) is 154 cm³/mol. The summed E-state index contributed by atoms with van der Waals surface area (Å²) in [6.07, 6.45) is 8.39. The largest absolute Gasteiger partial charge is 0.384 e. The van der Waals surface area contributed by atoms with Crippen LogP contribution in [-0.2, 0) is 39.1 Å².